The van der Waals surface area contributed by atoms with Gasteiger partial charge >= 0.3 is 0 Å². The van der Waals surface area contributed by atoms with Crippen molar-refractivity contribution in [2.24, 2.45) is 0 Å². The quantitative estimate of drug-likeness (QED) is 0.675. The van der Waals surface area contributed by atoms with E-state index >= 15 is 0 Å². The molecular formula is C19H22BrNO4. The predicted octanol–water partition coefficient (Wildman–Crippen LogP) is 4.90. The van der Waals surface area contributed by atoms with Gasteiger partial charge in [0.25, 0.3) is 5.91 Å². The van der Waals surface area contributed by atoms with Crippen LogP contribution in [-0.4, -0.2) is 26.2 Å². The number of hydrogen-bond donors (Lipinski definition) is 1. The fourth-order valence-electron chi connectivity index (χ4n) is 2.21. The molecule has 0 aliphatic rings. The van der Waals surface area contributed by atoms with Crippen LogP contribution in [0, 0.1) is 0 Å². The molecule has 2 rings (SSSR count). The number of carbonyl (C=O) groups is 1. The molecule has 0 heterocycles. The largest absolute Gasteiger partial charge is 0.497 e. The first-order chi connectivity index (χ1) is 12.1. The second-order valence-electron chi connectivity index (χ2n) is 5.25. The van der Waals surface area contributed by atoms with Gasteiger partial charge in [0.2, 0.25) is 0 Å². The minimum absolute atomic E-state index is 0.239. The number of halogens is 1. The van der Waals surface area contributed by atoms with Gasteiger partial charge in [0.15, 0.2) is 11.5 Å². The molecule has 1 N–H and O–H groups in total. The van der Waals surface area contributed by atoms with Crippen molar-refractivity contribution in [2.75, 3.05) is 25.6 Å². The first-order valence-electron chi connectivity index (χ1n) is 8.13. The highest BCUT2D eigenvalue weighted by Gasteiger charge is 2.16. The van der Waals surface area contributed by atoms with Crippen LogP contribution < -0.4 is 19.5 Å². The fraction of sp³-hybridized carbons (Fsp3) is 0.316. The van der Waals surface area contributed by atoms with Crippen LogP contribution in [0.1, 0.15) is 30.6 Å². The molecule has 0 saturated heterocycles. The zero-order chi connectivity index (χ0) is 18.2. The minimum atomic E-state index is -0.239. The number of anilines is 1. The number of nitrogens with one attached hydrogen (secondary N) is 1. The summed E-state index contributed by atoms with van der Waals surface area (Å²) in [4.78, 5) is 12.6. The number of rotatable bonds is 8. The molecule has 0 atom stereocenters. The van der Waals surface area contributed by atoms with Gasteiger partial charge in [-0.15, -0.1) is 0 Å². The molecule has 0 aromatic heterocycles. The van der Waals surface area contributed by atoms with Crippen LogP contribution in [0.5, 0.6) is 17.2 Å². The first-order valence-corrected chi connectivity index (χ1v) is 8.92. The van der Waals surface area contributed by atoms with E-state index in [0.717, 1.165) is 6.42 Å². The second-order valence-corrected chi connectivity index (χ2v) is 6.11. The minimum Gasteiger partial charge on any atom is -0.497 e. The predicted molar refractivity (Wildman–Crippen MR) is 102 cm³/mol. The van der Waals surface area contributed by atoms with E-state index in [1.54, 1.807) is 31.4 Å². The van der Waals surface area contributed by atoms with Crippen LogP contribution in [0.3, 0.4) is 0 Å². The van der Waals surface area contributed by atoms with Crippen molar-refractivity contribution in [3.8, 4) is 17.2 Å². The van der Waals surface area contributed by atoms with Gasteiger partial charge in [0.05, 0.1) is 24.8 Å². The first kappa shape index (κ1) is 19.1. The molecule has 25 heavy (non-hydrogen) atoms. The maximum absolute atomic E-state index is 12.6. The van der Waals surface area contributed by atoms with Gasteiger partial charge in [-0.1, -0.05) is 13.0 Å². The molecule has 2 aromatic carbocycles. The van der Waals surface area contributed by atoms with Crippen molar-refractivity contribution in [3.63, 3.8) is 0 Å². The molecule has 0 unspecified atom stereocenters. The Labute approximate surface area is 156 Å². The highest BCUT2D eigenvalue weighted by molar-refractivity contribution is 9.10. The molecule has 0 saturated carbocycles. The van der Waals surface area contributed by atoms with Crippen LogP contribution >= 0.6 is 15.9 Å². The van der Waals surface area contributed by atoms with E-state index in [-0.39, 0.29) is 5.91 Å². The topological polar surface area (TPSA) is 56.8 Å². The number of carbonyl (C=O) groups excluding carboxylic acids is 1. The van der Waals surface area contributed by atoms with Crippen molar-refractivity contribution in [1.82, 2.24) is 0 Å². The lowest BCUT2D eigenvalue weighted by atomic mass is 10.1. The molecular weight excluding hydrogens is 386 g/mol. The standard InChI is InChI=1S/C19H22BrNO4/c1-4-9-25-18-16(20)10-13(11-17(18)24-5-2)19(22)21-14-7-6-8-15(12-14)23-3/h6-8,10-12H,4-5,9H2,1-3H3,(H,21,22). The lowest BCUT2D eigenvalue weighted by molar-refractivity contribution is 0.102. The van der Waals surface area contributed by atoms with Gasteiger partial charge in [-0.05, 0) is 53.5 Å². The van der Waals surface area contributed by atoms with E-state index in [0.29, 0.717) is 46.2 Å². The summed E-state index contributed by atoms with van der Waals surface area (Å²) in [7, 11) is 1.58. The number of methoxy groups -OCH3 is 1. The third-order valence-electron chi connectivity index (χ3n) is 3.35. The van der Waals surface area contributed by atoms with Crippen LogP contribution in [0.15, 0.2) is 40.9 Å². The van der Waals surface area contributed by atoms with Crippen LogP contribution in [0.4, 0.5) is 5.69 Å². The molecule has 6 heteroatoms. The Hall–Kier alpha value is -2.21. The monoisotopic (exact) mass is 407 g/mol. The summed E-state index contributed by atoms with van der Waals surface area (Å²) in [5.74, 6) is 1.59. The Bertz CT molecular complexity index is 733. The van der Waals surface area contributed by atoms with Gasteiger partial charge < -0.3 is 19.5 Å². The SMILES string of the molecule is CCCOc1c(Br)cc(C(=O)Nc2cccc(OC)c2)cc1OCC. The Kier molecular flexibility index (Phi) is 7.13. The zero-order valence-electron chi connectivity index (χ0n) is 14.6. The summed E-state index contributed by atoms with van der Waals surface area (Å²) >= 11 is 3.47. The van der Waals surface area contributed by atoms with Gasteiger partial charge in [-0.25, -0.2) is 0 Å². The lowest BCUT2D eigenvalue weighted by Gasteiger charge is -2.15. The lowest BCUT2D eigenvalue weighted by Crippen LogP contribution is -2.13. The van der Waals surface area contributed by atoms with E-state index in [2.05, 4.69) is 21.2 Å². The molecule has 0 radical (unpaired) electrons. The summed E-state index contributed by atoms with van der Waals surface area (Å²) in [6.45, 7) is 4.98. The molecule has 2 aromatic rings. The van der Waals surface area contributed by atoms with Gasteiger partial charge in [0, 0.05) is 17.3 Å². The second kappa shape index (κ2) is 9.32. The highest BCUT2D eigenvalue weighted by atomic mass is 79.9. The average molecular weight is 408 g/mol. The Morgan fingerprint density at radius 3 is 2.64 bits per heavy atom. The van der Waals surface area contributed by atoms with Crippen molar-refractivity contribution in [1.29, 1.82) is 0 Å². The van der Waals surface area contributed by atoms with Gasteiger partial charge in [0.1, 0.15) is 5.75 Å². The normalized spacial score (nSPS) is 10.2. The smallest absolute Gasteiger partial charge is 0.255 e. The number of ether oxygens (including phenoxy) is 3. The fourth-order valence-corrected chi connectivity index (χ4v) is 2.77. The summed E-state index contributed by atoms with van der Waals surface area (Å²) in [5, 5.41) is 2.86. The summed E-state index contributed by atoms with van der Waals surface area (Å²) in [6, 6.07) is 10.6. The maximum atomic E-state index is 12.6. The van der Waals surface area contributed by atoms with E-state index < -0.39 is 0 Å². The molecule has 0 fully saturated rings. The molecule has 1 amide bonds. The average Bonchev–Trinajstić information content (AvgIpc) is 2.61. The number of benzene rings is 2. The molecule has 0 aliphatic heterocycles. The molecule has 0 spiro atoms. The third-order valence-corrected chi connectivity index (χ3v) is 3.94. The third kappa shape index (κ3) is 5.13. The Morgan fingerprint density at radius 2 is 1.96 bits per heavy atom. The van der Waals surface area contributed by atoms with E-state index in [1.165, 1.54) is 0 Å². The Morgan fingerprint density at radius 1 is 1.16 bits per heavy atom. The maximum Gasteiger partial charge on any atom is 0.255 e. The molecule has 0 bridgehead atoms. The van der Waals surface area contributed by atoms with Crippen LogP contribution in [-0.2, 0) is 0 Å². The van der Waals surface area contributed by atoms with Crippen molar-refractivity contribution in [3.05, 3.63) is 46.4 Å². The number of amides is 1. The molecule has 0 aliphatic carbocycles. The zero-order valence-corrected chi connectivity index (χ0v) is 16.2. The van der Waals surface area contributed by atoms with Crippen molar-refractivity contribution >= 4 is 27.5 Å². The summed E-state index contributed by atoms with van der Waals surface area (Å²) in [6.07, 6.45) is 0.885. The molecule has 134 valence electrons. The van der Waals surface area contributed by atoms with Crippen LogP contribution in [0.2, 0.25) is 0 Å². The van der Waals surface area contributed by atoms with Gasteiger partial charge in [-0.3, -0.25) is 4.79 Å². The van der Waals surface area contributed by atoms with E-state index in [1.807, 2.05) is 26.0 Å². The van der Waals surface area contributed by atoms with Crippen molar-refractivity contribution in [2.45, 2.75) is 20.3 Å². The highest BCUT2D eigenvalue weighted by Crippen LogP contribution is 2.37. The Balaban J connectivity index is 2.26. The van der Waals surface area contributed by atoms with Gasteiger partial charge in [-0.2, -0.15) is 0 Å². The number of hydrogen-bond acceptors (Lipinski definition) is 4. The van der Waals surface area contributed by atoms with Crippen LogP contribution in [0.25, 0.3) is 0 Å². The van der Waals surface area contributed by atoms with Crippen molar-refractivity contribution < 1.29 is 19.0 Å². The van der Waals surface area contributed by atoms with E-state index in [9.17, 15) is 4.79 Å². The van der Waals surface area contributed by atoms with E-state index in [4.69, 9.17) is 14.2 Å². The molecule has 5 nitrogen and oxygen atoms in total. The summed E-state index contributed by atoms with van der Waals surface area (Å²) in [5.41, 5.74) is 1.13. The summed E-state index contributed by atoms with van der Waals surface area (Å²) < 4.78 is 17.2.